The van der Waals surface area contributed by atoms with E-state index in [1.54, 1.807) is 11.8 Å². The number of imide groups is 1. The standard InChI is InChI=1S/C19H20F3N3O3S/c20-19(21,22)15-11-14(4-3-13(15)12-23)25-16(27)18(5-9-29-10-6-18)24(17(25)28)7-1-2-8-26/h3-4,11,26H,1-2,5-10H2. The molecule has 3 amide bonds. The van der Waals surface area contributed by atoms with Gasteiger partial charge >= 0.3 is 12.2 Å². The topological polar surface area (TPSA) is 84.6 Å². The maximum atomic E-state index is 13.4. The summed E-state index contributed by atoms with van der Waals surface area (Å²) in [4.78, 5) is 28.7. The number of carbonyl (C=O) groups is 2. The minimum Gasteiger partial charge on any atom is -0.396 e. The second kappa shape index (κ2) is 8.24. The molecule has 6 nitrogen and oxygen atoms in total. The predicted molar refractivity (Wildman–Crippen MR) is 101 cm³/mol. The molecule has 2 saturated heterocycles. The maximum absolute atomic E-state index is 13.4. The number of aliphatic hydroxyl groups excluding tert-OH is 1. The number of anilines is 1. The molecule has 10 heteroatoms. The predicted octanol–water partition coefficient (Wildman–Crippen LogP) is 3.38. The van der Waals surface area contributed by atoms with Crippen LogP contribution in [0.2, 0.25) is 0 Å². The molecule has 2 fully saturated rings. The summed E-state index contributed by atoms with van der Waals surface area (Å²) in [5.41, 5.74) is -2.99. The Labute approximate surface area is 170 Å². The van der Waals surface area contributed by atoms with Gasteiger partial charge in [0.25, 0.3) is 5.91 Å². The van der Waals surface area contributed by atoms with Crippen LogP contribution in [0.3, 0.4) is 0 Å². The molecule has 0 aliphatic carbocycles. The van der Waals surface area contributed by atoms with E-state index in [1.165, 1.54) is 17.0 Å². The lowest BCUT2D eigenvalue weighted by Gasteiger charge is -2.37. The van der Waals surface area contributed by atoms with Crippen molar-refractivity contribution < 1.29 is 27.9 Å². The third kappa shape index (κ3) is 3.81. The fourth-order valence-corrected chi connectivity index (χ4v) is 5.00. The Hall–Kier alpha value is -2.25. The summed E-state index contributed by atoms with van der Waals surface area (Å²) in [5.74, 6) is 0.819. The van der Waals surface area contributed by atoms with E-state index in [-0.39, 0.29) is 18.8 Å². The molecule has 0 aromatic heterocycles. The van der Waals surface area contributed by atoms with E-state index < -0.39 is 34.8 Å². The normalized spacial score (nSPS) is 19.1. The van der Waals surface area contributed by atoms with Crippen molar-refractivity contribution in [2.24, 2.45) is 0 Å². The van der Waals surface area contributed by atoms with Crippen molar-refractivity contribution >= 4 is 29.4 Å². The summed E-state index contributed by atoms with van der Waals surface area (Å²) in [6, 6.07) is 3.72. The Morgan fingerprint density at radius 2 is 1.90 bits per heavy atom. The molecule has 1 N–H and O–H groups in total. The van der Waals surface area contributed by atoms with Gasteiger partial charge in [0.2, 0.25) is 0 Å². The first kappa shape index (κ1) is 21.5. The quantitative estimate of drug-likeness (QED) is 0.575. The van der Waals surface area contributed by atoms with Crippen molar-refractivity contribution in [3.05, 3.63) is 29.3 Å². The van der Waals surface area contributed by atoms with E-state index in [0.29, 0.717) is 43.3 Å². The molecule has 1 spiro atoms. The van der Waals surface area contributed by atoms with Gasteiger partial charge in [0.05, 0.1) is 22.9 Å². The SMILES string of the molecule is N#Cc1ccc(N2C(=O)N(CCCCO)C3(CCSCC3)C2=O)cc1C(F)(F)F. The number of halogens is 3. The molecule has 0 radical (unpaired) electrons. The molecule has 0 saturated carbocycles. The molecular weight excluding hydrogens is 407 g/mol. The average molecular weight is 427 g/mol. The van der Waals surface area contributed by atoms with Gasteiger partial charge < -0.3 is 10.0 Å². The summed E-state index contributed by atoms with van der Waals surface area (Å²) >= 11 is 1.66. The van der Waals surface area contributed by atoms with Crippen LogP contribution in [-0.2, 0) is 11.0 Å². The Bertz CT molecular complexity index is 847. The van der Waals surface area contributed by atoms with E-state index in [1.807, 2.05) is 0 Å². The molecule has 2 heterocycles. The van der Waals surface area contributed by atoms with Crippen LogP contribution in [0.1, 0.15) is 36.8 Å². The van der Waals surface area contributed by atoms with Crippen molar-refractivity contribution in [2.45, 2.75) is 37.4 Å². The summed E-state index contributed by atoms with van der Waals surface area (Å²) < 4.78 is 40.1. The Balaban J connectivity index is 2.03. The smallest absolute Gasteiger partial charge is 0.396 e. The molecule has 2 aliphatic rings. The van der Waals surface area contributed by atoms with Crippen molar-refractivity contribution in [3.8, 4) is 6.07 Å². The second-order valence-electron chi connectivity index (χ2n) is 6.99. The molecule has 2 aliphatic heterocycles. The molecule has 29 heavy (non-hydrogen) atoms. The highest BCUT2D eigenvalue weighted by atomic mass is 32.2. The number of benzene rings is 1. The van der Waals surface area contributed by atoms with E-state index in [4.69, 9.17) is 10.4 Å². The second-order valence-corrected chi connectivity index (χ2v) is 8.21. The number of rotatable bonds is 5. The third-order valence-electron chi connectivity index (χ3n) is 5.34. The number of aliphatic hydroxyl groups is 1. The van der Waals surface area contributed by atoms with Gasteiger partial charge in [0.15, 0.2) is 0 Å². The summed E-state index contributed by atoms with van der Waals surface area (Å²) in [7, 11) is 0. The molecule has 156 valence electrons. The molecule has 1 aromatic rings. The highest BCUT2D eigenvalue weighted by molar-refractivity contribution is 7.99. The molecular formula is C19H20F3N3O3S. The van der Waals surface area contributed by atoms with Gasteiger partial charge in [-0.15, -0.1) is 0 Å². The van der Waals surface area contributed by atoms with Crippen LogP contribution in [0, 0.1) is 11.3 Å². The highest BCUT2D eigenvalue weighted by Crippen LogP contribution is 2.42. The van der Waals surface area contributed by atoms with Crippen molar-refractivity contribution in [1.82, 2.24) is 4.90 Å². The molecule has 3 rings (SSSR count). The lowest BCUT2D eigenvalue weighted by Crippen LogP contribution is -2.52. The Morgan fingerprint density at radius 1 is 1.21 bits per heavy atom. The number of hydrogen-bond donors (Lipinski definition) is 1. The summed E-state index contributed by atoms with van der Waals surface area (Å²) in [5, 5.41) is 18.0. The van der Waals surface area contributed by atoms with Gasteiger partial charge in [-0.05, 0) is 55.4 Å². The van der Waals surface area contributed by atoms with Gasteiger partial charge in [0.1, 0.15) is 5.54 Å². The van der Waals surface area contributed by atoms with Crippen LogP contribution >= 0.6 is 11.8 Å². The number of amides is 3. The number of nitrogens with zero attached hydrogens (tertiary/aromatic N) is 3. The number of unbranched alkanes of at least 4 members (excludes halogenated alkanes) is 1. The first-order valence-electron chi connectivity index (χ1n) is 9.22. The number of carbonyl (C=O) groups excluding carboxylic acids is 2. The van der Waals surface area contributed by atoms with Gasteiger partial charge in [-0.2, -0.15) is 30.2 Å². The van der Waals surface area contributed by atoms with Crippen LogP contribution in [0.25, 0.3) is 0 Å². The monoisotopic (exact) mass is 427 g/mol. The first-order chi connectivity index (χ1) is 13.8. The number of alkyl halides is 3. The van der Waals surface area contributed by atoms with Crippen molar-refractivity contribution in [1.29, 1.82) is 5.26 Å². The van der Waals surface area contributed by atoms with Gasteiger partial charge in [-0.25, -0.2) is 9.69 Å². The van der Waals surface area contributed by atoms with Crippen LogP contribution < -0.4 is 4.90 Å². The minimum absolute atomic E-state index is 0.0485. The number of hydrogen-bond acceptors (Lipinski definition) is 5. The minimum atomic E-state index is -4.78. The van der Waals surface area contributed by atoms with Crippen molar-refractivity contribution in [2.75, 3.05) is 29.6 Å². The van der Waals surface area contributed by atoms with Crippen LogP contribution in [-0.4, -0.2) is 52.1 Å². The van der Waals surface area contributed by atoms with Gasteiger partial charge in [-0.1, -0.05) is 0 Å². The largest absolute Gasteiger partial charge is 0.417 e. The average Bonchev–Trinajstić information content (AvgIpc) is 2.89. The van der Waals surface area contributed by atoms with Gasteiger partial charge in [-0.3, -0.25) is 4.79 Å². The molecule has 1 aromatic carbocycles. The Kier molecular flexibility index (Phi) is 6.10. The Morgan fingerprint density at radius 3 is 2.48 bits per heavy atom. The zero-order valence-corrected chi connectivity index (χ0v) is 16.4. The lowest BCUT2D eigenvalue weighted by atomic mass is 9.90. The zero-order valence-electron chi connectivity index (χ0n) is 15.5. The number of thioether (sulfide) groups is 1. The first-order valence-corrected chi connectivity index (χ1v) is 10.4. The fraction of sp³-hybridized carbons (Fsp3) is 0.526. The van der Waals surface area contributed by atoms with Crippen molar-refractivity contribution in [3.63, 3.8) is 0 Å². The number of urea groups is 1. The molecule has 0 atom stereocenters. The summed E-state index contributed by atoms with van der Waals surface area (Å²) in [6.45, 7) is 0.196. The van der Waals surface area contributed by atoms with Gasteiger partial charge in [0, 0.05) is 13.2 Å². The maximum Gasteiger partial charge on any atom is 0.417 e. The highest BCUT2D eigenvalue weighted by Gasteiger charge is 2.57. The molecule has 0 bridgehead atoms. The summed E-state index contributed by atoms with van der Waals surface area (Å²) in [6.07, 6.45) is -2.98. The van der Waals surface area contributed by atoms with E-state index in [2.05, 4.69) is 0 Å². The fourth-order valence-electron chi connectivity index (χ4n) is 3.83. The zero-order chi connectivity index (χ0) is 21.2. The van der Waals surface area contributed by atoms with E-state index in [9.17, 15) is 22.8 Å². The lowest BCUT2D eigenvalue weighted by molar-refractivity contribution is -0.137. The third-order valence-corrected chi connectivity index (χ3v) is 6.32. The van der Waals surface area contributed by atoms with E-state index >= 15 is 0 Å². The number of nitriles is 1. The van der Waals surface area contributed by atoms with Crippen LogP contribution in [0.5, 0.6) is 0 Å². The molecule has 0 unspecified atom stereocenters. The van der Waals surface area contributed by atoms with Crippen LogP contribution in [0.4, 0.5) is 23.7 Å². The van der Waals surface area contributed by atoms with Crippen LogP contribution in [0.15, 0.2) is 18.2 Å². The van der Waals surface area contributed by atoms with E-state index in [0.717, 1.165) is 11.0 Å².